The molecule has 1 aliphatic heterocycles. The van der Waals surface area contributed by atoms with Gasteiger partial charge in [0.15, 0.2) is 24.5 Å². The maximum atomic E-state index is 13.0. The lowest BCUT2D eigenvalue weighted by Crippen LogP contribution is -2.61. The van der Waals surface area contributed by atoms with Gasteiger partial charge in [0, 0.05) is 59.1 Å². The fourth-order valence-corrected chi connectivity index (χ4v) is 4.69. The summed E-state index contributed by atoms with van der Waals surface area (Å²) in [6.45, 7) is 6.94. The molecule has 2 heterocycles. The Morgan fingerprint density at radius 2 is 1.44 bits per heavy atom. The van der Waals surface area contributed by atoms with Crippen molar-refractivity contribution in [2.75, 3.05) is 38.1 Å². The number of alkyl halides is 2. The topological polar surface area (TPSA) is 162 Å². The van der Waals surface area contributed by atoms with Crippen molar-refractivity contribution in [3.05, 3.63) is 17.5 Å². The Labute approximate surface area is 247 Å². The predicted molar refractivity (Wildman–Crippen MR) is 142 cm³/mol. The summed E-state index contributed by atoms with van der Waals surface area (Å²) in [5.74, 6) is -3.13. The summed E-state index contributed by atoms with van der Waals surface area (Å²) in [5.41, 5.74) is 0.329. The Hall–Kier alpha value is -2.94. The van der Waals surface area contributed by atoms with Crippen LogP contribution in [0.1, 0.15) is 57.0 Å². The van der Waals surface area contributed by atoms with Crippen molar-refractivity contribution in [3.8, 4) is 0 Å². The maximum Gasteiger partial charge on any atom is 0.356 e. The second kappa shape index (κ2) is 16.5. The molecule has 41 heavy (non-hydrogen) atoms. The van der Waals surface area contributed by atoms with E-state index in [0.717, 1.165) is 25.5 Å². The average Bonchev–Trinajstić information content (AvgIpc) is 3.28. The van der Waals surface area contributed by atoms with Crippen LogP contribution in [0, 0.1) is 0 Å². The van der Waals surface area contributed by atoms with Crippen LogP contribution in [0.2, 0.25) is 0 Å². The van der Waals surface area contributed by atoms with Crippen molar-refractivity contribution in [3.63, 3.8) is 0 Å². The molecular formula is C25H35Cl2N3O11. The number of nitrogens with zero attached hydrogens (tertiary/aromatic N) is 3. The third kappa shape index (κ3) is 10.1. The third-order valence-electron chi connectivity index (χ3n) is 5.67. The van der Waals surface area contributed by atoms with Gasteiger partial charge in [0.05, 0.1) is 12.3 Å². The smallest absolute Gasteiger partial charge is 0.356 e. The first-order valence-corrected chi connectivity index (χ1v) is 13.9. The molecule has 0 amide bonds. The van der Waals surface area contributed by atoms with Gasteiger partial charge < -0.3 is 28.4 Å². The van der Waals surface area contributed by atoms with Crippen LogP contribution in [0.25, 0.3) is 0 Å². The van der Waals surface area contributed by atoms with Crippen molar-refractivity contribution in [2.45, 2.75) is 71.8 Å². The highest BCUT2D eigenvalue weighted by Crippen LogP contribution is 2.35. The first kappa shape index (κ1) is 34.3. The highest BCUT2D eigenvalue weighted by Gasteiger charge is 2.53. The minimum atomic E-state index is -1.46. The highest BCUT2D eigenvalue weighted by molar-refractivity contribution is 6.18. The van der Waals surface area contributed by atoms with Crippen LogP contribution >= 0.6 is 23.2 Å². The molecular weight excluding hydrogens is 589 g/mol. The number of esters is 5. The Bertz CT molecular complexity index is 1080. The fourth-order valence-electron chi connectivity index (χ4n) is 4.21. The van der Waals surface area contributed by atoms with E-state index in [2.05, 4.69) is 5.10 Å². The van der Waals surface area contributed by atoms with E-state index >= 15 is 0 Å². The summed E-state index contributed by atoms with van der Waals surface area (Å²) in [6, 6.07) is 1.47. The summed E-state index contributed by atoms with van der Waals surface area (Å²) < 4.78 is 34.0. The zero-order valence-corrected chi connectivity index (χ0v) is 25.0. The second-order valence-corrected chi connectivity index (χ2v) is 9.69. The lowest BCUT2D eigenvalue weighted by Gasteiger charge is -2.44. The molecule has 5 atom stereocenters. The normalized spacial score (nSPS) is 22.1. The van der Waals surface area contributed by atoms with Gasteiger partial charge in [-0.2, -0.15) is 5.10 Å². The summed E-state index contributed by atoms with van der Waals surface area (Å²) in [4.78, 5) is 62.9. The SMILES string of the molecule is CCOC(=O)c1cc(CN(CCCl)CCCl)nn1[C@@H]1O[C@H](COC(C)=O)[C@@H](OC(C)=O)[C@H](OC(C)=O)[C@H]1OC(C)=O. The largest absolute Gasteiger partial charge is 0.463 e. The number of ether oxygens (including phenoxy) is 6. The van der Waals surface area contributed by atoms with Gasteiger partial charge in [0.1, 0.15) is 18.4 Å². The number of carbonyl (C=O) groups is 5. The maximum absolute atomic E-state index is 13.0. The van der Waals surface area contributed by atoms with E-state index in [1.807, 2.05) is 4.90 Å². The van der Waals surface area contributed by atoms with Crippen molar-refractivity contribution in [1.82, 2.24) is 14.7 Å². The monoisotopic (exact) mass is 623 g/mol. The number of aromatic nitrogens is 2. The summed E-state index contributed by atoms with van der Waals surface area (Å²) in [7, 11) is 0. The van der Waals surface area contributed by atoms with E-state index in [0.29, 0.717) is 30.5 Å². The molecule has 14 nitrogen and oxygen atoms in total. The van der Waals surface area contributed by atoms with Crippen LogP contribution in [0.15, 0.2) is 6.07 Å². The molecule has 0 bridgehead atoms. The third-order valence-corrected chi connectivity index (χ3v) is 6.00. The van der Waals surface area contributed by atoms with Crippen LogP contribution < -0.4 is 0 Å². The predicted octanol–water partition coefficient (Wildman–Crippen LogP) is 1.60. The Kier molecular flexibility index (Phi) is 13.8. The number of carbonyl (C=O) groups excluding carboxylic acids is 5. The van der Waals surface area contributed by atoms with Gasteiger partial charge in [-0.15, -0.1) is 23.2 Å². The van der Waals surface area contributed by atoms with Crippen LogP contribution in [0.5, 0.6) is 0 Å². The molecule has 0 spiro atoms. The molecule has 230 valence electrons. The molecule has 0 N–H and O–H groups in total. The molecule has 0 radical (unpaired) electrons. The van der Waals surface area contributed by atoms with Gasteiger partial charge in [0.2, 0.25) is 0 Å². The van der Waals surface area contributed by atoms with Crippen LogP contribution in [-0.4, -0.2) is 107 Å². The molecule has 0 aliphatic carbocycles. The second-order valence-electron chi connectivity index (χ2n) is 8.93. The molecule has 1 aromatic heterocycles. The average molecular weight is 624 g/mol. The van der Waals surface area contributed by atoms with E-state index in [4.69, 9.17) is 51.6 Å². The number of halogens is 2. The van der Waals surface area contributed by atoms with Gasteiger partial charge in [-0.05, 0) is 13.0 Å². The minimum absolute atomic E-state index is 0.0442. The van der Waals surface area contributed by atoms with Crippen molar-refractivity contribution in [1.29, 1.82) is 0 Å². The lowest BCUT2D eigenvalue weighted by atomic mass is 9.97. The van der Waals surface area contributed by atoms with Gasteiger partial charge in [0.25, 0.3) is 0 Å². The van der Waals surface area contributed by atoms with E-state index in [-0.39, 0.29) is 18.8 Å². The molecule has 2 rings (SSSR count). The van der Waals surface area contributed by atoms with E-state index in [1.165, 1.54) is 13.0 Å². The van der Waals surface area contributed by atoms with Crippen molar-refractivity contribution in [2.24, 2.45) is 0 Å². The Morgan fingerprint density at radius 3 is 1.95 bits per heavy atom. The standard InChI is InChI=1S/C25H35Cl2N3O11/c1-6-36-25(35)19-11-18(12-29(9-7-26)10-8-27)28-30(19)24-23(40-17(5)34)22(39-16(4)33)21(38-15(3)32)20(41-24)13-37-14(2)31/h11,20-24H,6-10,12-13H2,1-5H3/t20-,21-,22+,23-,24-/m1/s1. The van der Waals surface area contributed by atoms with Crippen LogP contribution in [0.3, 0.4) is 0 Å². The zero-order valence-electron chi connectivity index (χ0n) is 23.5. The van der Waals surface area contributed by atoms with Crippen molar-refractivity contribution >= 4 is 53.0 Å². The first-order chi connectivity index (χ1) is 19.4. The molecule has 0 unspecified atom stereocenters. The molecule has 1 aromatic rings. The molecule has 1 aliphatic rings. The van der Waals surface area contributed by atoms with Crippen LogP contribution in [-0.2, 0) is 54.1 Å². The minimum Gasteiger partial charge on any atom is -0.463 e. The first-order valence-electron chi connectivity index (χ1n) is 12.8. The fraction of sp³-hybridized carbons (Fsp3) is 0.680. The molecule has 1 saturated heterocycles. The Morgan fingerprint density at radius 1 is 0.878 bits per heavy atom. The highest BCUT2D eigenvalue weighted by atomic mass is 35.5. The molecule has 16 heteroatoms. The van der Waals surface area contributed by atoms with Crippen molar-refractivity contribution < 1.29 is 52.4 Å². The summed E-state index contributed by atoms with van der Waals surface area (Å²) in [6.07, 6.45) is -6.90. The summed E-state index contributed by atoms with van der Waals surface area (Å²) in [5, 5.41) is 4.54. The number of rotatable bonds is 14. The van der Waals surface area contributed by atoms with Gasteiger partial charge in [-0.1, -0.05) is 0 Å². The van der Waals surface area contributed by atoms with Gasteiger partial charge in [-0.3, -0.25) is 24.1 Å². The molecule has 0 saturated carbocycles. The van der Waals surface area contributed by atoms with E-state index in [9.17, 15) is 24.0 Å². The summed E-state index contributed by atoms with van der Waals surface area (Å²) >= 11 is 11.8. The molecule has 1 fully saturated rings. The molecule has 0 aromatic carbocycles. The van der Waals surface area contributed by atoms with Gasteiger partial charge >= 0.3 is 29.8 Å². The number of hydrogen-bond acceptors (Lipinski definition) is 13. The van der Waals surface area contributed by atoms with Gasteiger partial charge in [-0.25, -0.2) is 9.48 Å². The zero-order chi connectivity index (χ0) is 30.7. The number of hydrogen-bond donors (Lipinski definition) is 0. The lowest BCUT2D eigenvalue weighted by molar-refractivity contribution is -0.270. The quantitative estimate of drug-likeness (QED) is 0.167. The van der Waals surface area contributed by atoms with E-state index in [1.54, 1.807) is 6.92 Å². The van der Waals surface area contributed by atoms with E-state index < -0.39 is 67.1 Å². The Balaban J connectivity index is 2.70. The van der Waals surface area contributed by atoms with Crippen LogP contribution in [0.4, 0.5) is 0 Å².